The van der Waals surface area contributed by atoms with Crippen LogP contribution in [0.15, 0.2) is 12.3 Å². The summed E-state index contributed by atoms with van der Waals surface area (Å²) < 4.78 is 0. The molecule has 1 aliphatic heterocycles. The first-order chi connectivity index (χ1) is 10.9. The lowest BCUT2D eigenvalue weighted by Gasteiger charge is -2.32. The van der Waals surface area contributed by atoms with Crippen molar-refractivity contribution in [2.75, 3.05) is 18.4 Å². The van der Waals surface area contributed by atoms with Gasteiger partial charge in [-0.1, -0.05) is 0 Å². The van der Waals surface area contributed by atoms with E-state index in [1.165, 1.54) is 0 Å². The second kappa shape index (κ2) is 7.03. The van der Waals surface area contributed by atoms with Gasteiger partial charge in [-0.25, -0.2) is 4.98 Å². The van der Waals surface area contributed by atoms with Crippen molar-refractivity contribution in [3.8, 4) is 0 Å². The number of hydrogen-bond acceptors (Lipinski definition) is 6. The Morgan fingerprint density at radius 2 is 2.30 bits per heavy atom. The number of nitrogens with one attached hydrogen (secondary N) is 1. The Hall–Kier alpha value is -2.71. The van der Waals surface area contributed by atoms with Crippen LogP contribution >= 0.6 is 0 Å². The zero-order valence-corrected chi connectivity index (χ0v) is 12.8. The lowest BCUT2D eigenvalue weighted by atomic mass is 10.1. The summed E-state index contributed by atoms with van der Waals surface area (Å²) in [4.78, 5) is 39.1. The van der Waals surface area contributed by atoms with Crippen LogP contribution in [0.4, 0.5) is 11.5 Å². The van der Waals surface area contributed by atoms with Gasteiger partial charge in [0.15, 0.2) is 0 Å². The molecule has 0 aromatic carbocycles. The molecular formula is C14H19N5O4. The van der Waals surface area contributed by atoms with Gasteiger partial charge in [0.1, 0.15) is 12.0 Å². The number of carbonyl (C=O) groups excluding carboxylic acids is 2. The van der Waals surface area contributed by atoms with Gasteiger partial charge in [0.2, 0.25) is 5.91 Å². The first-order valence-electron chi connectivity index (χ1n) is 7.37. The topological polar surface area (TPSA) is 131 Å². The van der Waals surface area contributed by atoms with Gasteiger partial charge in [-0.3, -0.25) is 19.7 Å². The molecule has 0 aliphatic carbocycles. The molecule has 0 saturated carbocycles. The molecule has 0 spiro atoms. The number of pyridine rings is 1. The van der Waals surface area contributed by atoms with Crippen LogP contribution < -0.4 is 11.1 Å². The maximum Gasteiger partial charge on any atom is 0.288 e. The van der Waals surface area contributed by atoms with E-state index in [1.807, 2.05) is 6.92 Å². The van der Waals surface area contributed by atoms with E-state index in [9.17, 15) is 19.7 Å². The summed E-state index contributed by atoms with van der Waals surface area (Å²) in [5, 5.41) is 13.7. The average Bonchev–Trinajstić information content (AvgIpc) is 2.52. The van der Waals surface area contributed by atoms with Crippen LogP contribution in [0.5, 0.6) is 0 Å². The number of primary amides is 1. The average molecular weight is 321 g/mol. The number of nitrogens with two attached hydrogens (primary N) is 1. The summed E-state index contributed by atoms with van der Waals surface area (Å²) in [6.07, 6.45) is 3.49. The highest BCUT2D eigenvalue weighted by Crippen LogP contribution is 2.19. The minimum Gasteiger partial charge on any atom is -0.367 e. The predicted molar refractivity (Wildman–Crippen MR) is 82.9 cm³/mol. The maximum absolute atomic E-state index is 11.9. The standard InChI is InChI=1S/C14H19N5O4/c1-9(18-5-3-2-4-12(18)20)7-16-14-11(13(15)21)6-10(8-17-14)19(22)23/h6,8-9H,2-5,7H2,1H3,(H2,15,21)(H,16,17)/t9-/m0/s1. The van der Waals surface area contributed by atoms with Crippen LogP contribution in [-0.4, -0.2) is 45.8 Å². The van der Waals surface area contributed by atoms with E-state index in [0.29, 0.717) is 19.5 Å². The van der Waals surface area contributed by atoms with Gasteiger partial charge in [0, 0.05) is 31.6 Å². The Balaban J connectivity index is 2.09. The third-order valence-electron chi connectivity index (χ3n) is 3.81. The second-order valence-corrected chi connectivity index (χ2v) is 5.49. The Morgan fingerprint density at radius 1 is 1.57 bits per heavy atom. The highest BCUT2D eigenvalue weighted by Gasteiger charge is 2.23. The van der Waals surface area contributed by atoms with E-state index >= 15 is 0 Å². The number of nitrogens with zero attached hydrogens (tertiary/aromatic N) is 3. The van der Waals surface area contributed by atoms with Crippen LogP contribution in [-0.2, 0) is 4.79 Å². The lowest BCUT2D eigenvalue weighted by molar-refractivity contribution is -0.385. The first-order valence-corrected chi connectivity index (χ1v) is 7.37. The van der Waals surface area contributed by atoms with Crippen molar-refractivity contribution < 1.29 is 14.5 Å². The van der Waals surface area contributed by atoms with E-state index in [4.69, 9.17) is 5.73 Å². The second-order valence-electron chi connectivity index (χ2n) is 5.49. The van der Waals surface area contributed by atoms with E-state index in [-0.39, 0.29) is 29.0 Å². The van der Waals surface area contributed by atoms with Crippen molar-refractivity contribution in [1.29, 1.82) is 0 Å². The number of piperidine rings is 1. The van der Waals surface area contributed by atoms with E-state index in [0.717, 1.165) is 25.1 Å². The predicted octanol–water partition coefficient (Wildman–Crippen LogP) is 0.902. The fourth-order valence-corrected chi connectivity index (χ4v) is 2.53. The van der Waals surface area contributed by atoms with Crippen molar-refractivity contribution in [3.63, 3.8) is 0 Å². The van der Waals surface area contributed by atoms with Gasteiger partial charge in [0.25, 0.3) is 11.6 Å². The number of carbonyl (C=O) groups is 2. The Bertz CT molecular complexity index is 634. The van der Waals surface area contributed by atoms with Crippen molar-refractivity contribution in [2.45, 2.75) is 32.2 Å². The molecule has 0 bridgehead atoms. The molecule has 1 aromatic rings. The molecule has 2 heterocycles. The highest BCUT2D eigenvalue weighted by molar-refractivity contribution is 5.98. The number of nitro groups is 1. The molecule has 2 rings (SSSR count). The quantitative estimate of drug-likeness (QED) is 0.591. The number of hydrogen-bond donors (Lipinski definition) is 2. The summed E-state index contributed by atoms with van der Waals surface area (Å²) in [6, 6.07) is 1.01. The molecule has 1 atom stereocenters. The Labute approximate surface area is 133 Å². The number of likely N-dealkylation sites (tertiary alicyclic amines) is 1. The Kier molecular flexibility index (Phi) is 5.09. The van der Waals surface area contributed by atoms with Crippen LogP contribution in [0.3, 0.4) is 0 Å². The Morgan fingerprint density at radius 3 is 2.91 bits per heavy atom. The monoisotopic (exact) mass is 321 g/mol. The third-order valence-corrected chi connectivity index (χ3v) is 3.81. The number of rotatable bonds is 6. The minimum atomic E-state index is -0.801. The summed E-state index contributed by atoms with van der Waals surface area (Å²) in [6.45, 7) is 2.97. The summed E-state index contributed by atoms with van der Waals surface area (Å²) >= 11 is 0. The molecule has 1 fully saturated rings. The molecule has 124 valence electrons. The van der Waals surface area contributed by atoms with Gasteiger partial charge < -0.3 is 16.0 Å². The van der Waals surface area contributed by atoms with Crippen molar-refractivity contribution in [3.05, 3.63) is 27.9 Å². The number of aromatic nitrogens is 1. The molecule has 1 aliphatic rings. The van der Waals surface area contributed by atoms with E-state index in [1.54, 1.807) is 4.90 Å². The first kappa shape index (κ1) is 16.7. The number of anilines is 1. The molecule has 2 amide bonds. The zero-order chi connectivity index (χ0) is 17.0. The van der Waals surface area contributed by atoms with Crippen LogP contribution in [0.1, 0.15) is 36.5 Å². The highest BCUT2D eigenvalue weighted by atomic mass is 16.6. The van der Waals surface area contributed by atoms with Crippen molar-refractivity contribution in [2.24, 2.45) is 5.73 Å². The molecule has 0 radical (unpaired) electrons. The van der Waals surface area contributed by atoms with Crippen molar-refractivity contribution >= 4 is 23.3 Å². The molecule has 9 heteroatoms. The van der Waals surface area contributed by atoms with Gasteiger partial charge in [0.05, 0.1) is 10.5 Å². The van der Waals surface area contributed by atoms with Gasteiger partial charge >= 0.3 is 0 Å². The third kappa shape index (κ3) is 3.93. The smallest absolute Gasteiger partial charge is 0.288 e. The van der Waals surface area contributed by atoms with E-state index in [2.05, 4.69) is 10.3 Å². The lowest BCUT2D eigenvalue weighted by Crippen LogP contribution is -2.45. The normalized spacial score (nSPS) is 16.0. The van der Waals surface area contributed by atoms with Crippen LogP contribution in [0.25, 0.3) is 0 Å². The molecule has 3 N–H and O–H groups in total. The summed E-state index contributed by atoms with van der Waals surface area (Å²) in [5.74, 6) is -0.512. The minimum absolute atomic E-state index is 0.0450. The maximum atomic E-state index is 11.9. The molecule has 1 aromatic heterocycles. The van der Waals surface area contributed by atoms with Gasteiger partial charge in [-0.15, -0.1) is 0 Å². The summed E-state index contributed by atoms with van der Waals surface area (Å²) in [7, 11) is 0. The van der Waals surface area contributed by atoms with Crippen LogP contribution in [0.2, 0.25) is 0 Å². The molecule has 9 nitrogen and oxygen atoms in total. The molecule has 1 saturated heterocycles. The van der Waals surface area contributed by atoms with Crippen molar-refractivity contribution in [1.82, 2.24) is 9.88 Å². The molecular weight excluding hydrogens is 302 g/mol. The fourth-order valence-electron chi connectivity index (χ4n) is 2.53. The SMILES string of the molecule is C[C@@H](CNc1ncc([N+](=O)[O-])cc1C(N)=O)N1CCCCC1=O. The molecule has 23 heavy (non-hydrogen) atoms. The zero-order valence-electron chi connectivity index (χ0n) is 12.8. The largest absolute Gasteiger partial charge is 0.367 e. The van der Waals surface area contributed by atoms with Gasteiger partial charge in [-0.05, 0) is 19.8 Å². The van der Waals surface area contributed by atoms with E-state index < -0.39 is 10.8 Å². The summed E-state index contributed by atoms with van der Waals surface area (Å²) in [5.41, 5.74) is 4.90. The van der Waals surface area contributed by atoms with Crippen LogP contribution in [0, 0.1) is 10.1 Å². The van der Waals surface area contributed by atoms with Gasteiger partial charge in [-0.2, -0.15) is 0 Å². The fraction of sp³-hybridized carbons (Fsp3) is 0.500. The molecule has 0 unspecified atom stereocenters. The number of amides is 2.